The van der Waals surface area contributed by atoms with E-state index in [9.17, 15) is 0 Å². The fourth-order valence-electron chi connectivity index (χ4n) is 0.605. The van der Waals surface area contributed by atoms with Crippen LogP contribution in [0.4, 0.5) is 0 Å². The zero-order valence-electron chi connectivity index (χ0n) is 5.46. The quantitative estimate of drug-likeness (QED) is 0.401. The molecule has 0 N–H and O–H groups in total. The maximum atomic E-state index is 2.19. The van der Waals surface area contributed by atoms with Crippen molar-refractivity contribution in [3.05, 3.63) is 30.3 Å². The highest BCUT2D eigenvalue weighted by Gasteiger charge is 1.79. The van der Waals surface area contributed by atoms with Gasteiger partial charge in [-0.1, -0.05) is 38.9 Å². The first-order valence-electron chi connectivity index (χ1n) is 2.66. The third kappa shape index (κ3) is 2.67. The van der Waals surface area contributed by atoms with Gasteiger partial charge in [-0.05, 0) is 12.0 Å². The van der Waals surface area contributed by atoms with E-state index in [4.69, 9.17) is 0 Å². The van der Waals surface area contributed by atoms with Crippen LogP contribution < -0.4 is 5.30 Å². The van der Waals surface area contributed by atoms with Crippen molar-refractivity contribution in [2.45, 2.75) is 0 Å². The summed E-state index contributed by atoms with van der Waals surface area (Å²) in [6.07, 6.45) is 0. The van der Waals surface area contributed by atoms with Crippen LogP contribution in [0, 0.1) is 0 Å². The van der Waals surface area contributed by atoms with Gasteiger partial charge in [0.05, 0.1) is 0 Å². The largest absolute Gasteiger partial charge is 0.0936 e. The summed E-state index contributed by atoms with van der Waals surface area (Å²) in [7, 11) is 0.930. The molecular formula is C7H9BP. The fraction of sp³-hybridized carbons (Fsp3) is 0.143. The summed E-state index contributed by atoms with van der Waals surface area (Å²) in [6.45, 7) is 2.19. The van der Waals surface area contributed by atoms with Crippen molar-refractivity contribution < 1.29 is 0 Å². The normalized spacial score (nSPS) is 9.44. The zero-order valence-corrected chi connectivity index (χ0v) is 6.46. The summed E-state index contributed by atoms with van der Waals surface area (Å²) in [5, 5.41) is 1.44. The Bertz CT molecular complexity index is 150. The van der Waals surface area contributed by atoms with Gasteiger partial charge in [-0.15, -0.1) is 0 Å². The predicted molar refractivity (Wildman–Crippen MR) is 46.1 cm³/mol. The molecule has 0 spiro atoms. The Labute approximate surface area is 60.0 Å². The average molecular weight is 135 g/mol. The standard InChI is InChI=1S/C7H9P.B/c1-8-7-5-3-2-4-6-7;/h2-6,8H,1H3;. The van der Waals surface area contributed by atoms with Crippen molar-refractivity contribution in [2.75, 3.05) is 6.66 Å². The van der Waals surface area contributed by atoms with Gasteiger partial charge in [0.2, 0.25) is 0 Å². The lowest BCUT2D eigenvalue weighted by Crippen LogP contribution is -1.87. The molecule has 3 radical (unpaired) electrons. The molecule has 1 aromatic rings. The minimum absolute atomic E-state index is 0. The van der Waals surface area contributed by atoms with Gasteiger partial charge < -0.3 is 0 Å². The minimum Gasteiger partial charge on any atom is -0.0936 e. The zero-order chi connectivity index (χ0) is 5.82. The highest BCUT2D eigenvalue weighted by molar-refractivity contribution is 7.46. The highest BCUT2D eigenvalue weighted by Crippen LogP contribution is 2.00. The Morgan fingerprint density at radius 2 is 1.67 bits per heavy atom. The first-order chi connectivity index (χ1) is 3.93. The lowest BCUT2D eigenvalue weighted by atomic mass is 10.4. The van der Waals surface area contributed by atoms with Gasteiger partial charge in [0.1, 0.15) is 0 Å². The fourth-order valence-corrected chi connectivity index (χ4v) is 1.13. The van der Waals surface area contributed by atoms with Crippen LogP contribution in [-0.4, -0.2) is 15.1 Å². The van der Waals surface area contributed by atoms with E-state index in [2.05, 4.69) is 30.9 Å². The first-order valence-corrected chi connectivity index (χ1v) is 4.16. The summed E-state index contributed by atoms with van der Waals surface area (Å²) < 4.78 is 0. The van der Waals surface area contributed by atoms with Gasteiger partial charge in [0.15, 0.2) is 0 Å². The van der Waals surface area contributed by atoms with Crippen LogP contribution in [0.15, 0.2) is 30.3 Å². The molecule has 9 heavy (non-hydrogen) atoms. The average Bonchev–Trinajstić information content (AvgIpc) is 1.90. The molecule has 0 bridgehead atoms. The van der Waals surface area contributed by atoms with Crippen molar-refractivity contribution in [1.82, 2.24) is 0 Å². The number of benzene rings is 1. The molecule has 0 heterocycles. The number of hydrogen-bond donors (Lipinski definition) is 0. The van der Waals surface area contributed by atoms with Gasteiger partial charge in [0, 0.05) is 8.41 Å². The summed E-state index contributed by atoms with van der Waals surface area (Å²) in [6, 6.07) is 10.5. The number of rotatable bonds is 1. The van der Waals surface area contributed by atoms with Gasteiger partial charge in [0.25, 0.3) is 0 Å². The van der Waals surface area contributed by atoms with Crippen LogP contribution in [0.5, 0.6) is 0 Å². The molecule has 1 atom stereocenters. The second-order valence-electron chi connectivity index (χ2n) is 1.62. The van der Waals surface area contributed by atoms with Gasteiger partial charge in [-0.2, -0.15) is 0 Å². The van der Waals surface area contributed by atoms with Crippen LogP contribution in [0.1, 0.15) is 0 Å². The molecule has 2 heteroatoms. The Morgan fingerprint density at radius 1 is 1.11 bits per heavy atom. The van der Waals surface area contributed by atoms with Gasteiger partial charge in [-0.25, -0.2) is 0 Å². The van der Waals surface area contributed by atoms with E-state index in [1.54, 1.807) is 0 Å². The van der Waals surface area contributed by atoms with E-state index in [0.717, 1.165) is 8.58 Å². The van der Waals surface area contributed by atoms with E-state index < -0.39 is 0 Å². The molecule has 1 unspecified atom stereocenters. The molecule has 0 fully saturated rings. The summed E-state index contributed by atoms with van der Waals surface area (Å²) in [5.74, 6) is 0. The van der Waals surface area contributed by atoms with E-state index in [1.807, 2.05) is 6.07 Å². The van der Waals surface area contributed by atoms with E-state index >= 15 is 0 Å². The third-order valence-electron chi connectivity index (χ3n) is 1.06. The van der Waals surface area contributed by atoms with E-state index in [0.29, 0.717) is 0 Å². The Morgan fingerprint density at radius 3 is 2.00 bits per heavy atom. The Balaban J connectivity index is 0.000000640. The minimum atomic E-state index is 0. The van der Waals surface area contributed by atoms with Crippen LogP contribution in [0.25, 0.3) is 0 Å². The van der Waals surface area contributed by atoms with Gasteiger partial charge >= 0.3 is 0 Å². The predicted octanol–water partition coefficient (Wildman–Crippen LogP) is 1.24. The van der Waals surface area contributed by atoms with E-state index in [1.165, 1.54) is 5.30 Å². The van der Waals surface area contributed by atoms with E-state index in [-0.39, 0.29) is 8.41 Å². The molecule has 0 saturated carbocycles. The molecule has 0 amide bonds. The summed E-state index contributed by atoms with van der Waals surface area (Å²) in [4.78, 5) is 0. The molecule has 1 rings (SSSR count). The molecule has 0 aliphatic rings. The van der Waals surface area contributed by atoms with Crippen molar-refractivity contribution in [3.63, 3.8) is 0 Å². The van der Waals surface area contributed by atoms with Crippen molar-refractivity contribution in [2.24, 2.45) is 0 Å². The molecule has 0 aliphatic carbocycles. The molecule has 0 nitrogen and oxygen atoms in total. The molecular weight excluding hydrogens is 126 g/mol. The van der Waals surface area contributed by atoms with Crippen molar-refractivity contribution in [3.8, 4) is 0 Å². The van der Waals surface area contributed by atoms with Crippen LogP contribution in [0.3, 0.4) is 0 Å². The van der Waals surface area contributed by atoms with Crippen LogP contribution in [-0.2, 0) is 0 Å². The second-order valence-corrected chi connectivity index (χ2v) is 2.69. The first kappa shape index (κ1) is 8.71. The van der Waals surface area contributed by atoms with Crippen molar-refractivity contribution in [1.29, 1.82) is 0 Å². The summed E-state index contributed by atoms with van der Waals surface area (Å²) >= 11 is 0. The molecule has 0 aromatic heterocycles. The Kier molecular flexibility index (Phi) is 4.44. The SMILES string of the molecule is CPc1ccccc1.[B]. The molecule has 45 valence electrons. The summed E-state index contributed by atoms with van der Waals surface area (Å²) in [5.41, 5.74) is 0. The molecule has 1 aromatic carbocycles. The highest BCUT2D eigenvalue weighted by atomic mass is 31.1. The molecule has 0 aliphatic heterocycles. The van der Waals surface area contributed by atoms with Gasteiger partial charge in [-0.3, -0.25) is 0 Å². The van der Waals surface area contributed by atoms with Crippen LogP contribution >= 0.6 is 8.58 Å². The Hall–Kier alpha value is -0.285. The smallest absolute Gasteiger partial charge is 0 e. The second kappa shape index (κ2) is 4.58. The molecule has 0 saturated heterocycles. The third-order valence-corrected chi connectivity index (χ3v) is 1.97. The van der Waals surface area contributed by atoms with Crippen LogP contribution in [0.2, 0.25) is 0 Å². The number of hydrogen-bond acceptors (Lipinski definition) is 0. The maximum absolute atomic E-state index is 2.19. The monoisotopic (exact) mass is 135 g/mol. The maximum Gasteiger partial charge on any atom is 0 e. The lowest BCUT2D eigenvalue weighted by molar-refractivity contribution is 1.78. The van der Waals surface area contributed by atoms with Crippen molar-refractivity contribution >= 4 is 22.3 Å². The topological polar surface area (TPSA) is 0 Å². The lowest BCUT2D eigenvalue weighted by Gasteiger charge is -1.89.